The molecule has 0 aliphatic carbocycles. The Kier molecular flexibility index (Phi) is 5.10. The van der Waals surface area contributed by atoms with Crippen LogP contribution in [0.25, 0.3) is 0 Å². The van der Waals surface area contributed by atoms with E-state index in [1.807, 2.05) is 29.2 Å². The molecule has 0 atom stereocenters. The lowest BCUT2D eigenvalue weighted by Gasteiger charge is -2.43. The molecule has 0 spiro atoms. The Morgan fingerprint density at radius 2 is 1.71 bits per heavy atom. The Hall–Kier alpha value is -3.16. The van der Waals surface area contributed by atoms with Crippen molar-refractivity contribution in [3.8, 4) is 5.75 Å². The van der Waals surface area contributed by atoms with Gasteiger partial charge in [0.15, 0.2) is 0 Å². The highest BCUT2D eigenvalue weighted by Crippen LogP contribution is 2.23. The van der Waals surface area contributed by atoms with Gasteiger partial charge in [0.25, 0.3) is 5.91 Å². The Morgan fingerprint density at radius 1 is 1.00 bits per heavy atom. The van der Waals surface area contributed by atoms with Gasteiger partial charge in [-0.1, -0.05) is 0 Å². The monoisotopic (exact) mass is 381 g/mol. The lowest BCUT2D eigenvalue weighted by atomic mass is 9.97. The average molecular weight is 381 g/mol. The molecular weight excluding hydrogens is 358 g/mol. The van der Waals surface area contributed by atoms with Crippen molar-refractivity contribution in [1.29, 1.82) is 0 Å². The van der Waals surface area contributed by atoms with Gasteiger partial charge in [0, 0.05) is 57.3 Å². The summed E-state index contributed by atoms with van der Waals surface area (Å²) in [6.45, 7) is 3.89. The molecule has 0 N–H and O–H groups in total. The van der Waals surface area contributed by atoms with Crippen molar-refractivity contribution in [3.63, 3.8) is 0 Å². The Balaban J connectivity index is 1.26. The minimum Gasteiger partial charge on any atom is -0.497 e. The molecule has 0 radical (unpaired) electrons. The summed E-state index contributed by atoms with van der Waals surface area (Å²) < 4.78 is 5.20. The number of anilines is 1. The summed E-state index contributed by atoms with van der Waals surface area (Å²) in [5.74, 6) is 0.690. The van der Waals surface area contributed by atoms with E-state index in [2.05, 4.69) is 14.9 Å². The number of nitrogens with zero attached hydrogens (tertiary/aromatic N) is 5. The SMILES string of the molecule is COc1ccc(N2CCN(C(=O)C3CN(C(=O)c4cnccn4)C3)CC2)cc1. The molecule has 8 nitrogen and oxygen atoms in total. The molecule has 8 heteroatoms. The topological polar surface area (TPSA) is 78.9 Å². The first-order valence-corrected chi connectivity index (χ1v) is 9.39. The molecular formula is C20H23N5O3. The highest BCUT2D eigenvalue weighted by molar-refractivity contribution is 5.94. The molecule has 2 amide bonds. The largest absolute Gasteiger partial charge is 0.497 e. The molecule has 0 unspecified atom stereocenters. The number of likely N-dealkylation sites (tertiary alicyclic amines) is 1. The summed E-state index contributed by atoms with van der Waals surface area (Å²) in [4.78, 5) is 38.8. The van der Waals surface area contributed by atoms with E-state index in [-0.39, 0.29) is 17.7 Å². The summed E-state index contributed by atoms with van der Waals surface area (Å²) in [7, 11) is 1.65. The molecule has 4 rings (SSSR count). The third-order valence-corrected chi connectivity index (χ3v) is 5.33. The van der Waals surface area contributed by atoms with E-state index in [0.717, 1.165) is 24.5 Å². The molecule has 0 saturated carbocycles. The Bertz CT molecular complexity index is 829. The second kappa shape index (κ2) is 7.84. The van der Waals surface area contributed by atoms with Crippen LogP contribution in [0.3, 0.4) is 0 Å². The maximum absolute atomic E-state index is 12.7. The number of rotatable bonds is 4. The number of carbonyl (C=O) groups excluding carboxylic acids is 2. The fraction of sp³-hybridized carbons (Fsp3) is 0.400. The van der Waals surface area contributed by atoms with Crippen LogP contribution in [0.4, 0.5) is 5.69 Å². The van der Waals surface area contributed by atoms with Crippen LogP contribution in [-0.2, 0) is 4.79 Å². The van der Waals surface area contributed by atoms with E-state index >= 15 is 0 Å². The van der Waals surface area contributed by atoms with Gasteiger partial charge in [-0.2, -0.15) is 0 Å². The van der Waals surface area contributed by atoms with Crippen molar-refractivity contribution >= 4 is 17.5 Å². The lowest BCUT2D eigenvalue weighted by Crippen LogP contribution is -2.59. The number of piperazine rings is 1. The minimum absolute atomic E-state index is 0.117. The maximum Gasteiger partial charge on any atom is 0.274 e. The zero-order chi connectivity index (χ0) is 19.5. The van der Waals surface area contributed by atoms with Crippen molar-refractivity contribution in [2.75, 3.05) is 51.3 Å². The van der Waals surface area contributed by atoms with Crippen LogP contribution in [-0.4, -0.2) is 78.0 Å². The minimum atomic E-state index is -0.165. The van der Waals surface area contributed by atoms with Gasteiger partial charge >= 0.3 is 0 Å². The highest BCUT2D eigenvalue weighted by atomic mass is 16.5. The fourth-order valence-electron chi connectivity index (χ4n) is 3.61. The van der Waals surface area contributed by atoms with Crippen molar-refractivity contribution < 1.29 is 14.3 Å². The van der Waals surface area contributed by atoms with Crippen LogP contribution in [0, 0.1) is 5.92 Å². The number of amides is 2. The van der Waals surface area contributed by atoms with Crippen LogP contribution >= 0.6 is 0 Å². The van der Waals surface area contributed by atoms with Gasteiger partial charge in [-0.25, -0.2) is 4.98 Å². The first-order valence-electron chi connectivity index (χ1n) is 9.39. The smallest absolute Gasteiger partial charge is 0.274 e. The predicted molar refractivity (Wildman–Crippen MR) is 103 cm³/mol. The second-order valence-corrected chi connectivity index (χ2v) is 7.01. The number of hydrogen-bond acceptors (Lipinski definition) is 6. The fourth-order valence-corrected chi connectivity index (χ4v) is 3.61. The number of carbonyl (C=O) groups is 2. The molecule has 0 bridgehead atoms. The summed E-state index contributed by atoms with van der Waals surface area (Å²) in [6.07, 6.45) is 4.48. The highest BCUT2D eigenvalue weighted by Gasteiger charge is 2.39. The van der Waals surface area contributed by atoms with Crippen molar-refractivity contribution in [1.82, 2.24) is 19.8 Å². The third kappa shape index (κ3) is 3.62. The number of aromatic nitrogens is 2. The zero-order valence-corrected chi connectivity index (χ0v) is 15.8. The van der Waals surface area contributed by atoms with E-state index in [1.54, 1.807) is 12.0 Å². The predicted octanol–water partition coefficient (Wildman–Crippen LogP) is 0.906. The van der Waals surface area contributed by atoms with Crippen LogP contribution in [0.2, 0.25) is 0 Å². The van der Waals surface area contributed by atoms with Gasteiger partial charge in [-0.3, -0.25) is 14.6 Å². The molecule has 2 aliphatic rings. The summed E-state index contributed by atoms with van der Waals surface area (Å²) >= 11 is 0. The van der Waals surface area contributed by atoms with E-state index in [1.165, 1.54) is 18.6 Å². The maximum atomic E-state index is 12.7. The molecule has 2 fully saturated rings. The average Bonchev–Trinajstić information content (AvgIpc) is 2.73. The quantitative estimate of drug-likeness (QED) is 0.783. The van der Waals surface area contributed by atoms with Gasteiger partial charge in [0.05, 0.1) is 19.2 Å². The van der Waals surface area contributed by atoms with Gasteiger partial charge in [0.2, 0.25) is 5.91 Å². The molecule has 2 saturated heterocycles. The standard InChI is InChI=1S/C20H23N5O3/c1-28-17-4-2-16(3-5-17)23-8-10-24(11-9-23)19(26)15-13-25(14-15)20(27)18-12-21-6-7-22-18/h2-7,12,15H,8-11,13-14H2,1H3. The first kappa shape index (κ1) is 18.2. The molecule has 28 heavy (non-hydrogen) atoms. The third-order valence-electron chi connectivity index (χ3n) is 5.33. The summed E-state index contributed by atoms with van der Waals surface area (Å²) in [6, 6.07) is 7.98. The molecule has 1 aromatic heterocycles. The molecule has 2 aliphatic heterocycles. The van der Waals surface area contributed by atoms with Gasteiger partial charge < -0.3 is 19.4 Å². The summed E-state index contributed by atoms with van der Waals surface area (Å²) in [5.41, 5.74) is 1.46. The zero-order valence-electron chi connectivity index (χ0n) is 15.8. The van der Waals surface area contributed by atoms with Crippen molar-refractivity contribution in [3.05, 3.63) is 48.5 Å². The number of methoxy groups -OCH3 is 1. The van der Waals surface area contributed by atoms with Crippen LogP contribution in [0.1, 0.15) is 10.5 Å². The van der Waals surface area contributed by atoms with E-state index in [0.29, 0.717) is 31.9 Å². The van der Waals surface area contributed by atoms with Crippen molar-refractivity contribution in [2.45, 2.75) is 0 Å². The van der Waals surface area contributed by atoms with Crippen LogP contribution in [0.5, 0.6) is 5.75 Å². The van der Waals surface area contributed by atoms with Gasteiger partial charge in [-0.05, 0) is 24.3 Å². The molecule has 3 heterocycles. The number of hydrogen-bond donors (Lipinski definition) is 0. The second-order valence-electron chi connectivity index (χ2n) is 7.01. The first-order chi connectivity index (χ1) is 13.7. The molecule has 2 aromatic rings. The Labute approximate surface area is 163 Å². The van der Waals surface area contributed by atoms with E-state index < -0.39 is 0 Å². The molecule has 146 valence electrons. The number of ether oxygens (including phenoxy) is 1. The van der Waals surface area contributed by atoms with Gasteiger partial charge in [0.1, 0.15) is 11.4 Å². The normalized spacial score (nSPS) is 17.2. The number of benzene rings is 1. The van der Waals surface area contributed by atoms with Crippen molar-refractivity contribution in [2.24, 2.45) is 5.92 Å². The lowest BCUT2D eigenvalue weighted by molar-refractivity contribution is -0.140. The molecule has 1 aromatic carbocycles. The van der Waals surface area contributed by atoms with Crippen LogP contribution < -0.4 is 9.64 Å². The Morgan fingerprint density at radius 3 is 2.32 bits per heavy atom. The summed E-state index contributed by atoms with van der Waals surface area (Å²) in [5, 5.41) is 0. The van der Waals surface area contributed by atoms with Crippen LogP contribution in [0.15, 0.2) is 42.9 Å². The van der Waals surface area contributed by atoms with E-state index in [4.69, 9.17) is 4.74 Å². The van der Waals surface area contributed by atoms with E-state index in [9.17, 15) is 9.59 Å². The van der Waals surface area contributed by atoms with Gasteiger partial charge in [-0.15, -0.1) is 0 Å².